The lowest BCUT2D eigenvalue weighted by molar-refractivity contribution is 0.766. The SMILES string of the molecule is c1cc(-c2ccc3c(c2)ncn3C2CC2)ncn1. The molecule has 0 unspecified atom stereocenters. The van der Waals surface area contributed by atoms with E-state index < -0.39 is 0 Å². The summed E-state index contributed by atoms with van der Waals surface area (Å²) in [7, 11) is 0. The summed E-state index contributed by atoms with van der Waals surface area (Å²) in [5.41, 5.74) is 4.28. The Labute approximate surface area is 104 Å². The molecular formula is C14H12N4. The molecule has 3 aromatic rings. The summed E-state index contributed by atoms with van der Waals surface area (Å²) in [5.74, 6) is 0. The van der Waals surface area contributed by atoms with Crippen molar-refractivity contribution in [2.24, 2.45) is 0 Å². The van der Waals surface area contributed by atoms with Gasteiger partial charge in [0.15, 0.2) is 0 Å². The second-order valence-corrected chi connectivity index (χ2v) is 4.68. The van der Waals surface area contributed by atoms with Gasteiger partial charge >= 0.3 is 0 Å². The van der Waals surface area contributed by atoms with Crippen molar-refractivity contribution in [3.05, 3.63) is 43.1 Å². The topological polar surface area (TPSA) is 43.6 Å². The molecule has 2 heterocycles. The van der Waals surface area contributed by atoms with E-state index in [4.69, 9.17) is 0 Å². The summed E-state index contributed by atoms with van der Waals surface area (Å²) >= 11 is 0. The quantitative estimate of drug-likeness (QED) is 0.687. The van der Waals surface area contributed by atoms with Crippen LogP contribution in [0.5, 0.6) is 0 Å². The highest BCUT2D eigenvalue weighted by atomic mass is 15.1. The van der Waals surface area contributed by atoms with Crippen LogP contribution in [-0.2, 0) is 0 Å². The molecule has 88 valence electrons. The van der Waals surface area contributed by atoms with Gasteiger partial charge < -0.3 is 4.57 Å². The number of nitrogens with zero attached hydrogens (tertiary/aromatic N) is 4. The van der Waals surface area contributed by atoms with Crippen molar-refractivity contribution in [2.75, 3.05) is 0 Å². The highest BCUT2D eigenvalue weighted by Crippen LogP contribution is 2.37. The third-order valence-corrected chi connectivity index (χ3v) is 3.39. The monoisotopic (exact) mass is 236 g/mol. The largest absolute Gasteiger partial charge is 0.327 e. The lowest BCUT2D eigenvalue weighted by atomic mass is 10.1. The highest BCUT2D eigenvalue weighted by molar-refractivity contribution is 5.81. The van der Waals surface area contributed by atoms with E-state index in [-0.39, 0.29) is 0 Å². The Morgan fingerprint density at radius 1 is 1.11 bits per heavy atom. The molecule has 2 aromatic heterocycles. The number of benzene rings is 1. The molecule has 4 rings (SSSR count). The van der Waals surface area contributed by atoms with E-state index in [0.29, 0.717) is 6.04 Å². The average Bonchev–Trinajstić information content (AvgIpc) is 3.19. The Morgan fingerprint density at radius 3 is 2.83 bits per heavy atom. The maximum absolute atomic E-state index is 4.49. The molecule has 0 aliphatic heterocycles. The van der Waals surface area contributed by atoms with Gasteiger partial charge in [0.25, 0.3) is 0 Å². The number of hydrogen-bond acceptors (Lipinski definition) is 3. The number of aromatic nitrogens is 4. The highest BCUT2D eigenvalue weighted by Gasteiger charge is 2.24. The molecule has 0 N–H and O–H groups in total. The first-order valence-electron chi connectivity index (χ1n) is 6.15. The molecule has 0 bridgehead atoms. The standard InChI is InChI=1S/C14H12N4/c1-4-14-13(17-9-18(14)11-2-3-11)7-10(1)12-5-6-15-8-16-12/h1,4-9,11H,2-3H2. The summed E-state index contributed by atoms with van der Waals surface area (Å²) in [5, 5.41) is 0. The van der Waals surface area contributed by atoms with Crippen LogP contribution < -0.4 is 0 Å². The van der Waals surface area contributed by atoms with Crippen LogP contribution in [0.1, 0.15) is 18.9 Å². The van der Waals surface area contributed by atoms with Gasteiger partial charge in [0.2, 0.25) is 0 Å². The summed E-state index contributed by atoms with van der Waals surface area (Å²) < 4.78 is 2.28. The van der Waals surface area contributed by atoms with Gasteiger partial charge in [0.05, 0.1) is 23.1 Å². The van der Waals surface area contributed by atoms with Gasteiger partial charge in [-0.3, -0.25) is 0 Å². The van der Waals surface area contributed by atoms with Crippen molar-refractivity contribution in [1.29, 1.82) is 0 Å². The molecule has 1 aliphatic rings. The zero-order valence-corrected chi connectivity index (χ0v) is 9.82. The number of fused-ring (bicyclic) bond motifs is 1. The van der Waals surface area contributed by atoms with Gasteiger partial charge in [-0.25, -0.2) is 15.0 Å². The van der Waals surface area contributed by atoms with E-state index in [1.165, 1.54) is 18.4 Å². The van der Waals surface area contributed by atoms with Gasteiger partial charge in [0, 0.05) is 17.8 Å². The Hall–Kier alpha value is -2.23. The number of imidazole rings is 1. The van der Waals surface area contributed by atoms with Gasteiger partial charge in [-0.1, -0.05) is 6.07 Å². The lowest BCUT2D eigenvalue weighted by Crippen LogP contribution is -1.90. The van der Waals surface area contributed by atoms with Crippen LogP contribution in [0.25, 0.3) is 22.3 Å². The van der Waals surface area contributed by atoms with Crippen molar-refractivity contribution in [3.8, 4) is 11.3 Å². The molecule has 1 aliphatic carbocycles. The van der Waals surface area contributed by atoms with Crippen LogP contribution >= 0.6 is 0 Å². The molecule has 0 atom stereocenters. The fourth-order valence-corrected chi connectivity index (χ4v) is 2.30. The first-order chi connectivity index (χ1) is 8.92. The molecule has 0 amide bonds. The minimum absolute atomic E-state index is 0.667. The van der Waals surface area contributed by atoms with Crippen LogP contribution in [0.4, 0.5) is 0 Å². The van der Waals surface area contributed by atoms with Crippen LogP contribution in [0.15, 0.2) is 43.1 Å². The minimum Gasteiger partial charge on any atom is -0.327 e. The lowest BCUT2D eigenvalue weighted by Gasteiger charge is -2.02. The summed E-state index contributed by atoms with van der Waals surface area (Å²) in [6.45, 7) is 0. The minimum atomic E-state index is 0.667. The van der Waals surface area contributed by atoms with Crippen molar-refractivity contribution in [1.82, 2.24) is 19.5 Å². The smallest absolute Gasteiger partial charge is 0.116 e. The third-order valence-electron chi connectivity index (χ3n) is 3.39. The summed E-state index contributed by atoms with van der Waals surface area (Å²) in [4.78, 5) is 12.7. The molecule has 0 radical (unpaired) electrons. The van der Waals surface area contributed by atoms with E-state index >= 15 is 0 Å². The maximum atomic E-state index is 4.49. The second kappa shape index (κ2) is 3.63. The Morgan fingerprint density at radius 2 is 2.06 bits per heavy atom. The predicted octanol–water partition coefficient (Wildman–Crippen LogP) is 2.83. The van der Waals surface area contributed by atoms with E-state index in [0.717, 1.165) is 16.8 Å². The normalized spacial score (nSPS) is 15.1. The molecule has 1 fully saturated rings. The Balaban J connectivity index is 1.85. The Bertz CT molecular complexity index is 698. The van der Waals surface area contributed by atoms with Crippen LogP contribution in [0.2, 0.25) is 0 Å². The fraction of sp³-hybridized carbons (Fsp3) is 0.214. The van der Waals surface area contributed by atoms with Crippen molar-refractivity contribution >= 4 is 11.0 Å². The molecule has 0 spiro atoms. The van der Waals surface area contributed by atoms with Crippen LogP contribution in [0.3, 0.4) is 0 Å². The van der Waals surface area contributed by atoms with Crippen molar-refractivity contribution in [3.63, 3.8) is 0 Å². The van der Waals surface area contributed by atoms with E-state index in [1.807, 2.05) is 12.4 Å². The van der Waals surface area contributed by atoms with E-state index in [1.54, 1.807) is 12.5 Å². The molecule has 18 heavy (non-hydrogen) atoms. The molecule has 4 heteroatoms. The van der Waals surface area contributed by atoms with E-state index in [9.17, 15) is 0 Å². The average molecular weight is 236 g/mol. The molecule has 4 nitrogen and oxygen atoms in total. The van der Waals surface area contributed by atoms with Crippen LogP contribution in [-0.4, -0.2) is 19.5 Å². The van der Waals surface area contributed by atoms with Crippen molar-refractivity contribution < 1.29 is 0 Å². The number of rotatable bonds is 2. The predicted molar refractivity (Wildman–Crippen MR) is 69.0 cm³/mol. The molecule has 1 aromatic carbocycles. The van der Waals surface area contributed by atoms with Gasteiger partial charge in [-0.05, 0) is 31.0 Å². The summed E-state index contributed by atoms with van der Waals surface area (Å²) in [6, 6.07) is 8.92. The Kier molecular flexibility index (Phi) is 1.97. The molecule has 0 saturated heterocycles. The maximum Gasteiger partial charge on any atom is 0.116 e. The van der Waals surface area contributed by atoms with Gasteiger partial charge in [-0.15, -0.1) is 0 Å². The molecular weight excluding hydrogens is 224 g/mol. The second-order valence-electron chi connectivity index (χ2n) is 4.68. The van der Waals surface area contributed by atoms with Gasteiger partial charge in [-0.2, -0.15) is 0 Å². The molecule has 1 saturated carbocycles. The zero-order valence-electron chi connectivity index (χ0n) is 9.82. The number of hydrogen-bond donors (Lipinski definition) is 0. The van der Waals surface area contributed by atoms with Crippen LogP contribution in [0, 0.1) is 0 Å². The van der Waals surface area contributed by atoms with E-state index in [2.05, 4.69) is 37.7 Å². The van der Waals surface area contributed by atoms with Gasteiger partial charge in [0.1, 0.15) is 6.33 Å². The zero-order chi connectivity index (χ0) is 11.9. The third kappa shape index (κ3) is 1.49. The first-order valence-corrected chi connectivity index (χ1v) is 6.15. The van der Waals surface area contributed by atoms with Crippen molar-refractivity contribution in [2.45, 2.75) is 18.9 Å². The first kappa shape index (κ1) is 9.76. The fourth-order valence-electron chi connectivity index (χ4n) is 2.30. The summed E-state index contributed by atoms with van der Waals surface area (Å²) in [6.07, 6.45) is 7.84.